The Kier molecular flexibility index (Phi) is 7.35. The molecule has 5 aromatic heterocycles. The van der Waals surface area contributed by atoms with Crippen LogP contribution in [0.15, 0.2) is 188 Å². The van der Waals surface area contributed by atoms with Crippen molar-refractivity contribution in [3.8, 4) is 56.9 Å². The lowest BCUT2D eigenvalue weighted by atomic mass is 10.1. The van der Waals surface area contributed by atoms with Gasteiger partial charge >= 0.3 is 0 Å². The molecule has 0 atom stereocenters. The second-order valence-corrected chi connectivity index (χ2v) is 13.8. The van der Waals surface area contributed by atoms with Crippen LogP contribution in [0.2, 0.25) is 0 Å². The van der Waals surface area contributed by atoms with Gasteiger partial charge in [0.25, 0.3) is 0 Å². The van der Waals surface area contributed by atoms with Gasteiger partial charge in [-0.25, -0.2) is 4.98 Å². The Morgan fingerprint density at radius 3 is 1.38 bits per heavy atom. The summed E-state index contributed by atoms with van der Waals surface area (Å²) in [6, 6.07) is 60.6. The molecule has 56 heavy (non-hydrogen) atoms. The molecule has 0 spiro atoms. The van der Waals surface area contributed by atoms with Gasteiger partial charge in [-0.05, 0) is 60.7 Å². The van der Waals surface area contributed by atoms with Gasteiger partial charge in [0.05, 0.1) is 33.5 Å². The lowest BCUT2D eigenvalue weighted by molar-refractivity contribution is 0.953. The number of fused-ring (bicyclic) bond motifs is 7. The van der Waals surface area contributed by atoms with E-state index < -0.39 is 0 Å². The molecule has 0 bridgehead atoms. The zero-order valence-electron chi connectivity index (χ0n) is 30.0. The second-order valence-electron chi connectivity index (χ2n) is 13.8. The standard InChI is InChI=1S/C49H31N7/c1-2-18-36(19-3-1)55-43-24-6-4-20-37(43)39-26-27-40-38-21-5-7-25-44(38)56(46(40)45(39)55)49-53-47(34-16-12-14-32(30-34)41-22-8-10-28-50-41)52-48(54-49)35-17-13-15-33(31-35)42-23-9-11-29-51-42/h1-31H. The monoisotopic (exact) mass is 717 g/mol. The third-order valence-electron chi connectivity index (χ3n) is 10.5. The van der Waals surface area contributed by atoms with Crippen LogP contribution in [-0.2, 0) is 0 Å². The van der Waals surface area contributed by atoms with Crippen molar-refractivity contribution in [3.05, 3.63) is 188 Å². The van der Waals surface area contributed by atoms with Crippen molar-refractivity contribution in [1.29, 1.82) is 0 Å². The van der Waals surface area contributed by atoms with E-state index in [9.17, 15) is 0 Å². The molecule has 0 unspecified atom stereocenters. The molecule has 0 amide bonds. The molecule has 0 aliphatic heterocycles. The number of rotatable bonds is 6. The first-order valence-electron chi connectivity index (χ1n) is 18.6. The Morgan fingerprint density at radius 2 is 0.821 bits per heavy atom. The predicted molar refractivity (Wildman–Crippen MR) is 226 cm³/mol. The van der Waals surface area contributed by atoms with Gasteiger partial charge < -0.3 is 4.57 Å². The van der Waals surface area contributed by atoms with Crippen LogP contribution in [0.5, 0.6) is 0 Å². The lowest BCUT2D eigenvalue weighted by Crippen LogP contribution is -2.07. The number of pyridine rings is 2. The highest BCUT2D eigenvalue weighted by molar-refractivity contribution is 6.23. The molecule has 6 aromatic carbocycles. The Labute approximate surface area is 321 Å². The third-order valence-corrected chi connectivity index (χ3v) is 10.5. The zero-order chi connectivity index (χ0) is 37.0. The van der Waals surface area contributed by atoms with E-state index in [1.54, 1.807) is 0 Å². The van der Waals surface area contributed by atoms with E-state index in [2.05, 4.69) is 146 Å². The molecule has 0 radical (unpaired) electrons. The van der Waals surface area contributed by atoms with E-state index in [0.29, 0.717) is 17.6 Å². The first kappa shape index (κ1) is 31.7. The topological polar surface area (TPSA) is 74.3 Å². The number of nitrogens with zero attached hydrogens (tertiary/aromatic N) is 7. The average molecular weight is 718 g/mol. The minimum absolute atomic E-state index is 0.528. The highest BCUT2D eigenvalue weighted by atomic mass is 15.2. The zero-order valence-corrected chi connectivity index (χ0v) is 30.0. The van der Waals surface area contributed by atoms with Gasteiger partial charge in [-0.3, -0.25) is 14.5 Å². The summed E-state index contributed by atoms with van der Waals surface area (Å²) in [6.45, 7) is 0. The van der Waals surface area contributed by atoms with Gasteiger partial charge in [-0.15, -0.1) is 0 Å². The SMILES string of the molecule is c1ccc(-n2c3ccccc3c3ccc4c5ccccc5n(-c5nc(-c6cccc(-c7ccccn7)c6)nc(-c6cccc(-c7ccccn7)c6)n5)c4c32)cc1. The fourth-order valence-corrected chi connectivity index (χ4v) is 7.98. The summed E-state index contributed by atoms with van der Waals surface area (Å²) in [5.41, 5.74) is 10.8. The molecular formula is C49H31N7. The van der Waals surface area contributed by atoms with Gasteiger partial charge in [-0.2, -0.15) is 9.97 Å². The summed E-state index contributed by atoms with van der Waals surface area (Å²) >= 11 is 0. The van der Waals surface area contributed by atoms with Crippen molar-refractivity contribution in [2.45, 2.75) is 0 Å². The highest BCUT2D eigenvalue weighted by Crippen LogP contribution is 2.41. The number of aromatic nitrogens is 7. The summed E-state index contributed by atoms with van der Waals surface area (Å²) in [6.07, 6.45) is 3.63. The number of benzene rings is 6. The maximum atomic E-state index is 5.35. The molecule has 0 aliphatic carbocycles. The smallest absolute Gasteiger partial charge is 0.238 e. The molecule has 0 saturated heterocycles. The quantitative estimate of drug-likeness (QED) is 0.171. The summed E-state index contributed by atoms with van der Waals surface area (Å²) in [7, 11) is 0. The van der Waals surface area contributed by atoms with Crippen molar-refractivity contribution in [1.82, 2.24) is 34.1 Å². The minimum Gasteiger partial charge on any atom is -0.307 e. The van der Waals surface area contributed by atoms with E-state index in [1.165, 1.54) is 5.39 Å². The maximum absolute atomic E-state index is 5.35. The van der Waals surface area contributed by atoms with Crippen LogP contribution in [0.1, 0.15) is 0 Å². The van der Waals surface area contributed by atoms with Crippen LogP contribution < -0.4 is 0 Å². The average Bonchev–Trinajstić information content (AvgIpc) is 3.80. The molecule has 262 valence electrons. The maximum Gasteiger partial charge on any atom is 0.238 e. The molecular weight excluding hydrogens is 687 g/mol. The summed E-state index contributed by atoms with van der Waals surface area (Å²) in [5, 5.41) is 4.57. The van der Waals surface area contributed by atoms with Crippen LogP contribution in [0, 0.1) is 0 Å². The van der Waals surface area contributed by atoms with Gasteiger partial charge in [0.15, 0.2) is 11.6 Å². The molecule has 0 fully saturated rings. The fourth-order valence-electron chi connectivity index (χ4n) is 7.98. The van der Waals surface area contributed by atoms with Crippen molar-refractivity contribution in [2.75, 3.05) is 0 Å². The molecule has 0 saturated carbocycles. The molecule has 11 rings (SSSR count). The number of hydrogen-bond donors (Lipinski definition) is 0. The molecule has 0 aliphatic rings. The van der Waals surface area contributed by atoms with Crippen LogP contribution >= 0.6 is 0 Å². The lowest BCUT2D eigenvalue weighted by Gasteiger charge is -2.14. The van der Waals surface area contributed by atoms with E-state index in [1.807, 2.05) is 60.9 Å². The van der Waals surface area contributed by atoms with Crippen molar-refractivity contribution >= 4 is 43.6 Å². The molecule has 7 nitrogen and oxygen atoms in total. The summed E-state index contributed by atoms with van der Waals surface area (Å²) in [4.78, 5) is 25.1. The number of hydrogen-bond acceptors (Lipinski definition) is 5. The van der Waals surface area contributed by atoms with E-state index in [0.717, 1.165) is 77.6 Å². The number of para-hydroxylation sites is 3. The molecule has 5 heterocycles. The minimum atomic E-state index is 0.528. The normalized spacial score (nSPS) is 11.6. The van der Waals surface area contributed by atoms with E-state index in [4.69, 9.17) is 15.0 Å². The van der Waals surface area contributed by atoms with Gasteiger partial charge in [0.2, 0.25) is 5.95 Å². The Bertz CT molecular complexity index is 3140. The predicted octanol–water partition coefficient (Wildman–Crippen LogP) is 11.5. The Hall–Kier alpha value is -7.77. The van der Waals surface area contributed by atoms with E-state index >= 15 is 0 Å². The summed E-state index contributed by atoms with van der Waals surface area (Å²) in [5.74, 6) is 1.65. The molecule has 7 heteroatoms. The Balaban J connectivity index is 1.24. The van der Waals surface area contributed by atoms with Crippen LogP contribution in [0.3, 0.4) is 0 Å². The van der Waals surface area contributed by atoms with Gasteiger partial charge in [0, 0.05) is 61.9 Å². The van der Waals surface area contributed by atoms with Gasteiger partial charge in [0.1, 0.15) is 0 Å². The largest absolute Gasteiger partial charge is 0.307 e. The second kappa shape index (κ2) is 13.0. The van der Waals surface area contributed by atoms with Crippen molar-refractivity contribution in [2.24, 2.45) is 0 Å². The molecule has 0 N–H and O–H groups in total. The highest BCUT2D eigenvalue weighted by Gasteiger charge is 2.23. The van der Waals surface area contributed by atoms with Crippen LogP contribution in [-0.4, -0.2) is 34.1 Å². The summed E-state index contributed by atoms with van der Waals surface area (Å²) < 4.78 is 4.60. The third kappa shape index (κ3) is 5.17. The fraction of sp³-hybridized carbons (Fsp3) is 0. The van der Waals surface area contributed by atoms with Crippen LogP contribution in [0.4, 0.5) is 0 Å². The van der Waals surface area contributed by atoms with E-state index in [-0.39, 0.29) is 0 Å². The van der Waals surface area contributed by atoms with Gasteiger partial charge in [-0.1, -0.05) is 115 Å². The first-order chi connectivity index (χ1) is 27.8. The molecule has 11 aromatic rings. The Morgan fingerprint density at radius 1 is 0.339 bits per heavy atom. The van der Waals surface area contributed by atoms with Crippen LogP contribution in [0.25, 0.3) is 101 Å². The van der Waals surface area contributed by atoms with Crippen molar-refractivity contribution < 1.29 is 0 Å². The van der Waals surface area contributed by atoms with Crippen molar-refractivity contribution in [3.63, 3.8) is 0 Å². The first-order valence-corrected chi connectivity index (χ1v) is 18.6.